The molecule has 2 N–H and O–H groups in total. The van der Waals surface area contributed by atoms with Crippen molar-refractivity contribution in [2.45, 2.75) is 58.5 Å². The van der Waals surface area contributed by atoms with Gasteiger partial charge in [0.25, 0.3) is 0 Å². The summed E-state index contributed by atoms with van der Waals surface area (Å²) < 4.78 is 25.1. The Bertz CT molecular complexity index is 842. The number of hydrogen-bond donors (Lipinski definition) is 2. The molecule has 0 radical (unpaired) electrons. The van der Waals surface area contributed by atoms with Gasteiger partial charge in [0.05, 0.1) is 6.61 Å². The van der Waals surface area contributed by atoms with Crippen molar-refractivity contribution in [3.8, 4) is 47.4 Å². The fraction of sp³-hybridized carbons (Fsp3) is 0.524. The van der Waals surface area contributed by atoms with Gasteiger partial charge in [-0.3, -0.25) is 9.32 Å². The van der Waals surface area contributed by atoms with Gasteiger partial charge in [-0.1, -0.05) is 38.5 Å². The van der Waals surface area contributed by atoms with Crippen molar-refractivity contribution in [3.63, 3.8) is 0 Å². The summed E-state index contributed by atoms with van der Waals surface area (Å²) in [6, 6.07) is 0. The minimum absolute atomic E-state index is 0.142. The summed E-state index contributed by atoms with van der Waals surface area (Å²) in [5, 5.41) is 0. The molecule has 0 heterocycles. The van der Waals surface area contributed by atoms with Crippen LogP contribution in [0.25, 0.3) is 0 Å². The Morgan fingerprint density at radius 1 is 0.933 bits per heavy atom. The fourth-order valence-corrected chi connectivity index (χ4v) is 2.25. The fourth-order valence-electron chi connectivity index (χ4n) is 1.89. The van der Waals surface area contributed by atoms with E-state index >= 15 is 0 Å². The van der Waals surface area contributed by atoms with E-state index in [1.807, 2.05) is 0 Å². The molecule has 30 heavy (non-hydrogen) atoms. The minimum Gasteiger partial charge on any atom is -0.456 e. The highest BCUT2D eigenvalue weighted by atomic mass is 31.2. The zero-order valence-corrected chi connectivity index (χ0v) is 17.9. The molecule has 0 aliphatic carbocycles. The highest BCUT2D eigenvalue weighted by molar-refractivity contribution is 7.46. The molecule has 0 aromatic carbocycles. The second kappa shape index (κ2) is 17.2. The second-order valence-electron chi connectivity index (χ2n) is 5.79. The van der Waals surface area contributed by atoms with Crippen LogP contribution in [0, 0.1) is 47.4 Å². The van der Waals surface area contributed by atoms with Gasteiger partial charge < -0.3 is 19.3 Å². The van der Waals surface area contributed by atoms with Gasteiger partial charge in [-0.2, -0.15) is 0 Å². The van der Waals surface area contributed by atoms with E-state index in [4.69, 9.17) is 19.3 Å². The molecular formula is C21H25O8P. The maximum atomic E-state index is 11.9. The van der Waals surface area contributed by atoms with Gasteiger partial charge in [0.15, 0.2) is 6.10 Å². The molecule has 0 aliphatic rings. The number of unbranched alkanes of at least 4 members (excludes halogenated alkanes) is 4. The number of phosphoric ester groups is 1. The van der Waals surface area contributed by atoms with Crippen LogP contribution in [-0.4, -0.2) is 41.0 Å². The van der Waals surface area contributed by atoms with Gasteiger partial charge >= 0.3 is 19.8 Å². The van der Waals surface area contributed by atoms with Gasteiger partial charge in [-0.05, 0) is 48.9 Å². The number of esters is 2. The second-order valence-corrected chi connectivity index (χ2v) is 7.03. The monoisotopic (exact) mass is 436 g/mol. The van der Waals surface area contributed by atoms with Crippen LogP contribution in [0.5, 0.6) is 0 Å². The van der Waals surface area contributed by atoms with Gasteiger partial charge in [0.2, 0.25) is 0 Å². The zero-order valence-electron chi connectivity index (χ0n) is 17.0. The van der Waals surface area contributed by atoms with Crippen molar-refractivity contribution in [2.75, 3.05) is 13.2 Å². The molecule has 0 fully saturated rings. The molecular weight excluding hydrogens is 411 g/mol. The molecule has 0 unspecified atom stereocenters. The Morgan fingerprint density at radius 3 is 2.20 bits per heavy atom. The molecule has 1 atom stereocenters. The normalized spacial score (nSPS) is 10.4. The van der Waals surface area contributed by atoms with Crippen LogP contribution < -0.4 is 0 Å². The quantitative estimate of drug-likeness (QED) is 0.157. The average Bonchev–Trinajstić information content (AvgIpc) is 2.68. The number of rotatable bonds is 12. The van der Waals surface area contributed by atoms with Gasteiger partial charge in [0.1, 0.15) is 6.61 Å². The van der Waals surface area contributed by atoms with Crippen molar-refractivity contribution in [1.29, 1.82) is 0 Å². The highest BCUT2D eigenvalue weighted by Crippen LogP contribution is 2.35. The summed E-state index contributed by atoms with van der Waals surface area (Å²) in [4.78, 5) is 41.1. The zero-order chi connectivity index (χ0) is 22.7. The molecule has 0 aromatic rings. The first kappa shape index (κ1) is 27.3. The third kappa shape index (κ3) is 18.6. The lowest BCUT2D eigenvalue weighted by atomic mass is 10.1. The largest absolute Gasteiger partial charge is 0.469 e. The Morgan fingerprint density at radius 2 is 1.57 bits per heavy atom. The van der Waals surface area contributed by atoms with E-state index in [2.05, 4.69) is 58.8 Å². The predicted octanol–water partition coefficient (Wildman–Crippen LogP) is 1.94. The van der Waals surface area contributed by atoms with E-state index < -0.39 is 39.1 Å². The number of ether oxygens (including phenoxy) is 2. The number of hydrogen-bond acceptors (Lipinski definition) is 6. The molecule has 0 saturated carbocycles. The molecule has 0 aliphatic heterocycles. The maximum absolute atomic E-state index is 11.9. The average molecular weight is 436 g/mol. The molecule has 8 nitrogen and oxygen atoms in total. The lowest BCUT2D eigenvalue weighted by molar-refractivity contribution is -0.158. The van der Waals surface area contributed by atoms with E-state index in [-0.39, 0.29) is 6.42 Å². The van der Waals surface area contributed by atoms with Crippen molar-refractivity contribution < 1.29 is 37.9 Å². The number of phosphoric acid groups is 1. The number of carbonyl (C=O) groups is 2. The summed E-state index contributed by atoms with van der Waals surface area (Å²) in [7, 11) is -4.78. The third-order valence-electron chi connectivity index (χ3n) is 3.21. The van der Waals surface area contributed by atoms with Gasteiger partial charge in [-0.15, -0.1) is 0 Å². The van der Waals surface area contributed by atoms with Crippen LogP contribution in [0.1, 0.15) is 52.4 Å². The van der Waals surface area contributed by atoms with Crippen LogP contribution in [0.15, 0.2) is 0 Å². The predicted molar refractivity (Wildman–Crippen MR) is 109 cm³/mol. The molecule has 162 valence electrons. The van der Waals surface area contributed by atoms with Crippen LogP contribution in [-0.2, 0) is 28.2 Å². The first-order valence-electron chi connectivity index (χ1n) is 9.27. The van der Waals surface area contributed by atoms with E-state index in [0.29, 0.717) is 6.42 Å². The van der Waals surface area contributed by atoms with Crippen molar-refractivity contribution in [1.82, 2.24) is 0 Å². The highest BCUT2D eigenvalue weighted by Gasteiger charge is 2.22. The lowest BCUT2D eigenvalue weighted by Gasteiger charge is -2.17. The molecule has 0 amide bonds. The Balaban J connectivity index is 4.61. The topological polar surface area (TPSA) is 119 Å². The summed E-state index contributed by atoms with van der Waals surface area (Å²) >= 11 is 0. The summed E-state index contributed by atoms with van der Waals surface area (Å²) in [5.41, 5.74) is 0. The molecule has 0 bridgehead atoms. The van der Waals surface area contributed by atoms with E-state index in [1.54, 1.807) is 6.92 Å². The molecule has 0 rings (SSSR count). The van der Waals surface area contributed by atoms with Crippen molar-refractivity contribution in [3.05, 3.63) is 0 Å². The van der Waals surface area contributed by atoms with Gasteiger partial charge in [0, 0.05) is 12.3 Å². The first-order chi connectivity index (χ1) is 14.3. The smallest absolute Gasteiger partial charge is 0.456 e. The van der Waals surface area contributed by atoms with E-state index in [0.717, 1.165) is 25.7 Å². The summed E-state index contributed by atoms with van der Waals surface area (Å²) in [6.07, 6.45) is 3.61. The Kier molecular flexibility index (Phi) is 15.6. The molecule has 9 heteroatoms. The van der Waals surface area contributed by atoms with Crippen molar-refractivity contribution in [2.24, 2.45) is 0 Å². The first-order valence-corrected chi connectivity index (χ1v) is 10.8. The van der Waals surface area contributed by atoms with Crippen molar-refractivity contribution >= 4 is 19.8 Å². The van der Waals surface area contributed by atoms with Crippen LogP contribution >= 0.6 is 7.82 Å². The summed E-state index contributed by atoms with van der Waals surface area (Å²) in [6.45, 7) is 2.59. The molecule has 0 spiro atoms. The summed E-state index contributed by atoms with van der Waals surface area (Å²) in [5.74, 6) is 17.3. The van der Waals surface area contributed by atoms with Crippen LogP contribution in [0.4, 0.5) is 0 Å². The van der Waals surface area contributed by atoms with Crippen LogP contribution in [0.2, 0.25) is 0 Å². The molecule has 0 aromatic heterocycles. The molecule has 0 saturated heterocycles. The SMILES string of the molecule is CC#CC#CC#CC#CC(=O)OC[C@H](COP(=O)(O)O)OC(=O)CCCCCCC. The van der Waals surface area contributed by atoms with Gasteiger partial charge in [-0.25, -0.2) is 9.36 Å². The van der Waals surface area contributed by atoms with Crippen LogP contribution in [0.3, 0.4) is 0 Å². The minimum atomic E-state index is -4.78. The van der Waals surface area contributed by atoms with E-state index in [1.165, 1.54) is 0 Å². The maximum Gasteiger partial charge on any atom is 0.469 e. The number of carbonyl (C=O) groups excluding carboxylic acids is 2. The lowest BCUT2D eigenvalue weighted by Crippen LogP contribution is -2.29. The van der Waals surface area contributed by atoms with E-state index in [9.17, 15) is 14.2 Å². The Hall–Kier alpha value is -2.71. The third-order valence-corrected chi connectivity index (χ3v) is 3.70. The standard InChI is InChI=1S/C21H25O8P/c1-3-5-7-9-10-12-13-15-20(22)27-17-19(18-28-30(24,25)26)29-21(23)16-14-11-8-6-4-2/h19H,4,6,8,11,14,16-18H2,1-2H3,(H2,24,25,26)/t19-/m1/s1. The Labute approximate surface area is 177 Å².